The normalized spacial score (nSPS) is 20.1. The number of hydrogen-bond acceptors (Lipinski definition) is 7. The molecular formula is C24H24N4O3S. The number of allylic oxidation sites excluding steroid dienone is 3. The van der Waals surface area contributed by atoms with Gasteiger partial charge in [-0.15, -0.1) is 11.3 Å². The number of nitrogens with two attached hydrogens (primary N) is 1. The van der Waals surface area contributed by atoms with Crippen LogP contribution in [0.3, 0.4) is 0 Å². The molecule has 0 saturated carbocycles. The molecule has 1 aromatic heterocycles. The van der Waals surface area contributed by atoms with Gasteiger partial charge in [-0.3, -0.25) is 15.0 Å². The van der Waals surface area contributed by atoms with Crippen molar-refractivity contribution >= 4 is 23.0 Å². The molecule has 7 nitrogen and oxygen atoms in total. The van der Waals surface area contributed by atoms with Gasteiger partial charge in [0.25, 0.3) is 5.91 Å². The molecule has 0 spiro atoms. The molecular weight excluding hydrogens is 424 g/mol. The number of aryl methyl sites for hydroxylation is 1. The standard InChI is InChI=1S/C24H24N4O3S/c1-13-8-9-32-21(13)19-16(12-25)22(26)28(17-10-24(2,3)11-18(30)20(17)19)27-23(31)14-4-6-15(29)7-5-14/h4-9,19,29H,10-11,26H2,1-3H3,(H,27,31). The summed E-state index contributed by atoms with van der Waals surface area (Å²) in [6.45, 7) is 5.95. The molecule has 1 aliphatic carbocycles. The lowest BCUT2D eigenvalue weighted by Gasteiger charge is -2.43. The molecule has 1 atom stereocenters. The number of carbonyl (C=O) groups excluding carboxylic acids is 2. The van der Waals surface area contributed by atoms with E-state index in [0.29, 0.717) is 29.7 Å². The Bertz CT molecular complexity index is 1210. The highest BCUT2D eigenvalue weighted by Gasteiger charge is 2.45. The third-order valence-corrected chi connectivity index (χ3v) is 6.97. The molecule has 1 aromatic carbocycles. The fraction of sp³-hybridized carbons (Fsp3) is 0.292. The van der Waals surface area contributed by atoms with Crippen molar-refractivity contribution in [2.45, 2.75) is 39.5 Å². The molecule has 2 heterocycles. The second-order valence-corrected chi connectivity index (χ2v) is 9.88. The van der Waals surface area contributed by atoms with E-state index in [2.05, 4.69) is 11.5 Å². The minimum atomic E-state index is -0.541. The Kier molecular flexibility index (Phi) is 5.31. The fourth-order valence-electron chi connectivity index (χ4n) is 4.36. The number of thiophene rings is 1. The van der Waals surface area contributed by atoms with Crippen molar-refractivity contribution in [3.63, 3.8) is 0 Å². The van der Waals surface area contributed by atoms with Crippen molar-refractivity contribution in [1.29, 1.82) is 5.26 Å². The number of benzene rings is 1. The Morgan fingerprint density at radius 1 is 1.28 bits per heavy atom. The highest BCUT2D eigenvalue weighted by Crippen LogP contribution is 2.49. The van der Waals surface area contributed by atoms with E-state index in [1.165, 1.54) is 40.6 Å². The lowest BCUT2D eigenvalue weighted by Crippen LogP contribution is -2.49. The van der Waals surface area contributed by atoms with Gasteiger partial charge in [-0.25, -0.2) is 5.01 Å². The Morgan fingerprint density at radius 2 is 1.97 bits per heavy atom. The molecule has 2 aromatic rings. The fourth-order valence-corrected chi connectivity index (χ4v) is 5.40. The van der Waals surface area contributed by atoms with Crippen molar-refractivity contribution in [1.82, 2.24) is 10.4 Å². The van der Waals surface area contributed by atoms with Gasteiger partial charge in [-0.1, -0.05) is 13.8 Å². The topological polar surface area (TPSA) is 119 Å². The minimum absolute atomic E-state index is 0.0433. The van der Waals surface area contributed by atoms with E-state index in [-0.39, 0.29) is 28.3 Å². The number of amides is 1. The van der Waals surface area contributed by atoms with Crippen molar-refractivity contribution in [2.75, 3.05) is 0 Å². The molecule has 164 valence electrons. The number of phenols is 1. The maximum absolute atomic E-state index is 13.4. The molecule has 32 heavy (non-hydrogen) atoms. The van der Waals surface area contributed by atoms with Gasteiger partial charge in [-0.2, -0.15) is 5.26 Å². The molecule has 2 aliphatic rings. The Morgan fingerprint density at radius 3 is 2.56 bits per heavy atom. The SMILES string of the molecule is Cc1ccsc1C1C(C#N)=C(N)N(NC(=O)c2ccc(O)cc2)C2=C1C(=O)CC(C)(C)C2. The molecule has 0 fully saturated rings. The number of nitriles is 1. The summed E-state index contributed by atoms with van der Waals surface area (Å²) < 4.78 is 0. The first-order chi connectivity index (χ1) is 15.1. The summed E-state index contributed by atoms with van der Waals surface area (Å²) >= 11 is 1.49. The van der Waals surface area contributed by atoms with E-state index in [0.717, 1.165) is 10.4 Å². The quantitative estimate of drug-likeness (QED) is 0.656. The zero-order chi connectivity index (χ0) is 23.2. The maximum Gasteiger partial charge on any atom is 0.270 e. The molecule has 0 bridgehead atoms. The Labute approximate surface area is 190 Å². The van der Waals surface area contributed by atoms with Crippen LogP contribution in [0.1, 0.15) is 53.4 Å². The van der Waals surface area contributed by atoms with Crippen LogP contribution in [0, 0.1) is 23.7 Å². The van der Waals surface area contributed by atoms with E-state index < -0.39 is 11.8 Å². The first-order valence-electron chi connectivity index (χ1n) is 10.2. The number of nitrogens with one attached hydrogen (secondary N) is 1. The zero-order valence-corrected chi connectivity index (χ0v) is 18.9. The third-order valence-electron chi connectivity index (χ3n) is 5.89. The van der Waals surface area contributed by atoms with E-state index in [1.54, 1.807) is 0 Å². The minimum Gasteiger partial charge on any atom is -0.508 e. The van der Waals surface area contributed by atoms with Crippen LogP contribution >= 0.6 is 11.3 Å². The number of ketones is 1. The van der Waals surface area contributed by atoms with Gasteiger partial charge in [0, 0.05) is 22.4 Å². The molecule has 0 saturated heterocycles. The number of hydrazine groups is 1. The van der Waals surface area contributed by atoms with Crippen molar-refractivity contribution < 1.29 is 14.7 Å². The average molecular weight is 449 g/mol. The summed E-state index contributed by atoms with van der Waals surface area (Å²) in [5, 5.41) is 22.9. The summed E-state index contributed by atoms with van der Waals surface area (Å²) in [6.07, 6.45) is 0.870. The predicted molar refractivity (Wildman–Crippen MR) is 121 cm³/mol. The second kappa shape index (κ2) is 7.84. The lowest BCUT2D eigenvalue weighted by atomic mass is 9.70. The largest absolute Gasteiger partial charge is 0.508 e. The first kappa shape index (κ1) is 21.7. The van der Waals surface area contributed by atoms with E-state index in [9.17, 15) is 20.0 Å². The zero-order valence-electron chi connectivity index (χ0n) is 18.1. The van der Waals surface area contributed by atoms with Gasteiger partial charge in [0.1, 0.15) is 11.6 Å². The van der Waals surface area contributed by atoms with Crippen LogP contribution in [0.2, 0.25) is 0 Å². The number of nitrogens with zero attached hydrogens (tertiary/aromatic N) is 2. The van der Waals surface area contributed by atoms with Gasteiger partial charge >= 0.3 is 0 Å². The van der Waals surface area contributed by atoms with Crippen LogP contribution in [0.25, 0.3) is 0 Å². The predicted octanol–water partition coefficient (Wildman–Crippen LogP) is 3.84. The molecule has 1 amide bonds. The molecule has 8 heteroatoms. The lowest BCUT2D eigenvalue weighted by molar-refractivity contribution is -0.118. The summed E-state index contributed by atoms with van der Waals surface area (Å²) in [4.78, 5) is 27.2. The van der Waals surface area contributed by atoms with E-state index in [1.807, 2.05) is 32.2 Å². The van der Waals surface area contributed by atoms with Gasteiger partial charge < -0.3 is 10.8 Å². The monoisotopic (exact) mass is 448 g/mol. The molecule has 1 aliphatic heterocycles. The molecule has 1 unspecified atom stereocenters. The summed E-state index contributed by atoms with van der Waals surface area (Å²) in [6, 6.07) is 9.96. The van der Waals surface area contributed by atoms with Crippen LogP contribution in [-0.2, 0) is 4.79 Å². The maximum atomic E-state index is 13.4. The second-order valence-electron chi connectivity index (χ2n) is 8.94. The third kappa shape index (κ3) is 3.65. The number of aromatic hydroxyl groups is 1. The van der Waals surface area contributed by atoms with Crippen LogP contribution in [0.4, 0.5) is 0 Å². The Balaban J connectivity index is 1.85. The average Bonchev–Trinajstić information content (AvgIpc) is 3.14. The summed E-state index contributed by atoms with van der Waals surface area (Å²) in [5.74, 6) is -0.886. The summed E-state index contributed by atoms with van der Waals surface area (Å²) in [5.41, 5.74) is 11.6. The van der Waals surface area contributed by atoms with Crippen LogP contribution < -0.4 is 11.2 Å². The van der Waals surface area contributed by atoms with E-state index in [4.69, 9.17) is 5.73 Å². The molecule has 4 rings (SSSR count). The van der Waals surface area contributed by atoms with Gasteiger partial charge in [-0.05, 0) is 60.0 Å². The number of rotatable bonds is 3. The van der Waals surface area contributed by atoms with Crippen molar-refractivity contribution in [3.8, 4) is 11.8 Å². The number of phenolic OH excluding ortho intramolecular Hbond substituents is 1. The van der Waals surface area contributed by atoms with Crippen LogP contribution in [0.15, 0.2) is 58.4 Å². The number of hydrogen-bond donors (Lipinski definition) is 3. The summed E-state index contributed by atoms with van der Waals surface area (Å²) in [7, 11) is 0. The highest BCUT2D eigenvalue weighted by atomic mass is 32.1. The number of Topliss-reactive ketones (excluding diaryl/α,β-unsaturated/α-hetero) is 1. The van der Waals surface area contributed by atoms with Crippen LogP contribution in [0.5, 0.6) is 5.75 Å². The van der Waals surface area contributed by atoms with E-state index >= 15 is 0 Å². The van der Waals surface area contributed by atoms with Crippen molar-refractivity contribution in [3.05, 3.63) is 74.4 Å². The highest BCUT2D eigenvalue weighted by molar-refractivity contribution is 7.10. The molecule has 4 N–H and O–H groups in total. The van der Waals surface area contributed by atoms with Crippen LogP contribution in [-0.4, -0.2) is 21.8 Å². The van der Waals surface area contributed by atoms with Gasteiger partial charge in [0.05, 0.1) is 23.3 Å². The van der Waals surface area contributed by atoms with Gasteiger partial charge in [0.2, 0.25) is 0 Å². The van der Waals surface area contributed by atoms with Crippen molar-refractivity contribution in [2.24, 2.45) is 11.1 Å². The smallest absolute Gasteiger partial charge is 0.270 e. The molecule has 0 radical (unpaired) electrons. The Hall–Kier alpha value is -3.57. The van der Waals surface area contributed by atoms with Gasteiger partial charge in [0.15, 0.2) is 5.78 Å². The first-order valence-corrected chi connectivity index (χ1v) is 11.1. The number of carbonyl (C=O) groups is 2.